The standard InChI is InChI=1S/C13H25N3S/c1-5-7-11(3)16(4)9-12-10-17-13(15-12)8-14-6-2/h10-11,14H,5-9H2,1-4H3. The van der Waals surface area contributed by atoms with Gasteiger partial charge in [0.25, 0.3) is 0 Å². The number of nitrogens with zero attached hydrogens (tertiary/aromatic N) is 2. The molecule has 0 aliphatic rings. The molecule has 1 atom stereocenters. The van der Waals surface area contributed by atoms with Gasteiger partial charge in [0.1, 0.15) is 5.01 Å². The molecule has 0 radical (unpaired) electrons. The molecule has 17 heavy (non-hydrogen) atoms. The van der Waals surface area contributed by atoms with Gasteiger partial charge in [-0.25, -0.2) is 4.98 Å². The number of rotatable bonds is 8. The molecule has 0 amide bonds. The van der Waals surface area contributed by atoms with Crippen LogP contribution in [0.15, 0.2) is 5.38 Å². The molecule has 0 aliphatic heterocycles. The molecule has 1 aromatic heterocycles. The first-order valence-electron chi connectivity index (χ1n) is 6.51. The zero-order valence-corrected chi connectivity index (χ0v) is 12.3. The maximum atomic E-state index is 4.64. The highest BCUT2D eigenvalue weighted by atomic mass is 32.1. The molecule has 1 N–H and O–H groups in total. The molecule has 0 saturated carbocycles. The van der Waals surface area contributed by atoms with E-state index in [1.54, 1.807) is 11.3 Å². The SMILES string of the molecule is CCCC(C)N(C)Cc1csc(CNCC)n1. The van der Waals surface area contributed by atoms with Crippen molar-refractivity contribution in [3.05, 3.63) is 16.1 Å². The molecular weight excluding hydrogens is 230 g/mol. The maximum absolute atomic E-state index is 4.64. The van der Waals surface area contributed by atoms with Crippen LogP contribution in [0, 0.1) is 0 Å². The second kappa shape index (κ2) is 7.80. The van der Waals surface area contributed by atoms with Crippen molar-refractivity contribution < 1.29 is 0 Å². The lowest BCUT2D eigenvalue weighted by molar-refractivity contribution is 0.234. The van der Waals surface area contributed by atoms with Crippen LogP contribution in [0.4, 0.5) is 0 Å². The highest BCUT2D eigenvalue weighted by molar-refractivity contribution is 7.09. The average Bonchev–Trinajstić information content (AvgIpc) is 2.74. The summed E-state index contributed by atoms with van der Waals surface area (Å²) in [5, 5.41) is 6.68. The normalized spacial score (nSPS) is 13.2. The van der Waals surface area contributed by atoms with E-state index in [4.69, 9.17) is 0 Å². The minimum absolute atomic E-state index is 0.638. The van der Waals surface area contributed by atoms with Crippen LogP contribution in [0.3, 0.4) is 0 Å². The summed E-state index contributed by atoms with van der Waals surface area (Å²) in [5.41, 5.74) is 1.20. The van der Waals surface area contributed by atoms with Crippen molar-refractivity contribution in [2.24, 2.45) is 0 Å². The Kier molecular flexibility index (Phi) is 6.70. The van der Waals surface area contributed by atoms with Crippen LogP contribution >= 0.6 is 11.3 Å². The molecule has 0 spiro atoms. The van der Waals surface area contributed by atoms with Crippen LogP contribution in [0.2, 0.25) is 0 Å². The minimum Gasteiger partial charge on any atom is -0.311 e. The summed E-state index contributed by atoms with van der Waals surface area (Å²) in [6.45, 7) is 9.51. The van der Waals surface area contributed by atoms with Gasteiger partial charge in [-0.1, -0.05) is 20.3 Å². The van der Waals surface area contributed by atoms with Gasteiger partial charge >= 0.3 is 0 Å². The molecule has 1 unspecified atom stereocenters. The summed E-state index contributed by atoms with van der Waals surface area (Å²) >= 11 is 1.76. The Morgan fingerprint density at radius 2 is 2.24 bits per heavy atom. The van der Waals surface area contributed by atoms with Gasteiger partial charge < -0.3 is 5.32 Å². The lowest BCUT2D eigenvalue weighted by Crippen LogP contribution is -2.28. The molecule has 3 nitrogen and oxygen atoms in total. The lowest BCUT2D eigenvalue weighted by atomic mass is 10.2. The van der Waals surface area contributed by atoms with E-state index >= 15 is 0 Å². The van der Waals surface area contributed by atoms with E-state index in [1.165, 1.54) is 23.5 Å². The van der Waals surface area contributed by atoms with Gasteiger partial charge in [0.2, 0.25) is 0 Å². The van der Waals surface area contributed by atoms with E-state index < -0.39 is 0 Å². The molecular formula is C13H25N3S. The first kappa shape index (κ1) is 14.6. The summed E-state index contributed by atoms with van der Waals surface area (Å²) in [6, 6.07) is 0.638. The number of hydrogen-bond acceptors (Lipinski definition) is 4. The minimum atomic E-state index is 0.638. The molecule has 0 bridgehead atoms. The molecule has 0 aromatic carbocycles. The zero-order chi connectivity index (χ0) is 12.7. The van der Waals surface area contributed by atoms with E-state index in [-0.39, 0.29) is 0 Å². The Hall–Kier alpha value is -0.450. The van der Waals surface area contributed by atoms with Crippen LogP contribution in [0.5, 0.6) is 0 Å². The summed E-state index contributed by atoms with van der Waals surface area (Å²) in [7, 11) is 2.18. The molecule has 4 heteroatoms. The summed E-state index contributed by atoms with van der Waals surface area (Å²) in [4.78, 5) is 7.03. The maximum Gasteiger partial charge on any atom is 0.107 e. The smallest absolute Gasteiger partial charge is 0.107 e. The molecule has 0 saturated heterocycles. The Labute approximate surface area is 109 Å². The van der Waals surface area contributed by atoms with E-state index in [9.17, 15) is 0 Å². The van der Waals surface area contributed by atoms with Crippen molar-refractivity contribution in [2.45, 2.75) is 52.7 Å². The van der Waals surface area contributed by atoms with Crippen LogP contribution in [0.1, 0.15) is 44.3 Å². The zero-order valence-electron chi connectivity index (χ0n) is 11.5. The van der Waals surface area contributed by atoms with Crippen molar-refractivity contribution in [1.29, 1.82) is 0 Å². The quantitative estimate of drug-likeness (QED) is 0.774. The predicted molar refractivity (Wildman–Crippen MR) is 75.3 cm³/mol. The second-order valence-corrected chi connectivity index (χ2v) is 5.51. The number of thiazole rings is 1. The Morgan fingerprint density at radius 3 is 2.88 bits per heavy atom. The predicted octanol–water partition coefficient (Wildman–Crippen LogP) is 2.87. The van der Waals surface area contributed by atoms with Gasteiger partial charge in [0.05, 0.1) is 5.69 Å². The van der Waals surface area contributed by atoms with Crippen molar-refractivity contribution in [1.82, 2.24) is 15.2 Å². The Morgan fingerprint density at radius 1 is 1.47 bits per heavy atom. The second-order valence-electron chi connectivity index (χ2n) is 4.57. The molecule has 1 aromatic rings. The van der Waals surface area contributed by atoms with Gasteiger partial charge in [-0.05, 0) is 26.9 Å². The van der Waals surface area contributed by atoms with Gasteiger partial charge in [-0.2, -0.15) is 0 Å². The largest absolute Gasteiger partial charge is 0.311 e. The molecule has 98 valence electrons. The number of aromatic nitrogens is 1. The first-order chi connectivity index (χ1) is 8.17. The highest BCUT2D eigenvalue weighted by Crippen LogP contribution is 2.13. The van der Waals surface area contributed by atoms with Gasteiger partial charge in [-0.3, -0.25) is 4.90 Å². The van der Waals surface area contributed by atoms with E-state index in [0.29, 0.717) is 6.04 Å². The average molecular weight is 255 g/mol. The van der Waals surface area contributed by atoms with Crippen molar-refractivity contribution >= 4 is 11.3 Å². The van der Waals surface area contributed by atoms with Crippen molar-refractivity contribution in [3.63, 3.8) is 0 Å². The number of nitrogens with one attached hydrogen (secondary N) is 1. The summed E-state index contributed by atoms with van der Waals surface area (Å²) < 4.78 is 0. The van der Waals surface area contributed by atoms with Crippen molar-refractivity contribution in [2.75, 3.05) is 13.6 Å². The fourth-order valence-corrected chi connectivity index (χ4v) is 2.54. The van der Waals surface area contributed by atoms with Gasteiger partial charge in [-0.15, -0.1) is 11.3 Å². The third kappa shape index (κ3) is 5.15. The molecule has 1 heterocycles. The van der Waals surface area contributed by atoms with Gasteiger partial charge in [0.15, 0.2) is 0 Å². The van der Waals surface area contributed by atoms with Crippen LogP contribution in [-0.4, -0.2) is 29.5 Å². The third-order valence-corrected chi connectivity index (χ3v) is 3.89. The Balaban J connectivity index is 2.42. The molecule has 1 rings (SSSR count). The van der Waals surface area contributed by atoms with E-state index in [1.807, 2.05) is 0 Å². The summed E-state index contributed by atoms with van der Waals surface area (Å²) in [6.07, 6.45) is 2.50. The fraction of sp³-hybridized carbons (Fsp3) is 0.769. The van der Waals surface area contributed by atoms with E-state index in [2.05, 4.69) is 48.4 Å². The van der Waals surface area contributed by atoms with E-state index in [0.717, 1.165) is 19.6 Å². The molecule has 0 aliphatic carbocycles. The van der Waals surface area contributed by atoms with Crippen LogP contribution in [-0.2, 0) is 13.1 Å². The summed E-state index contributed by atoms with van der Waals surface area (Å²) in [5.74, 6) is 0. The van der Waals surface area contributed by atoms with Gasteiger partial charge in [0, 0.05) is 24.5 Å². The topological polar surface area (TPSA) is 28.2 Å². The monoisotopic (exact) mass is 255 g/mol. The highest BCUT2D eigenvalue weighted by Gasteiger charge is 2.10. The van der Waals surface area contributed by atoms with Crippen molar-refractivity contribution in [3.8, 4) is 0 Å². The van der Waals surface area contributed by atoms with Crippen LogP contribution < -0.4 is 5.32 Å². The first-order valence-corrected chi connectivity index (χ1v) is 7.39. The molecule has 0 fully saturated rings. The number of hydrogen-bond donors (Lipinski definition) is 1. The third-order valence-electron chi connectivity index (χ3n) is 3.00. The Bertz CT molecular complexity index is 311. The van der Waals surface area contributed by atoms with Crippen LogP contribution in [0.25, 0.3) is 0 Å². The lowest BCUT2D eigenvalue weighted by Gasteiger charge is -2.23. The fourth-order valence-electron chi connectivity index (χ4n) is 1.78.